The Morgan fingerprint density at radius 3 is 2.24 bits per heavy atom. The van der Waals surface area contributed by atoms with Crippen LogP contribution in [0, 0.1) is 17.3 Å². The standard InChI is InChI=1S/C36H49N3O2/c1-7-13-32(28-14-9-8-10-15-28)38-22-23-39(33(26-38)31-17-12-11-16-30(31)27(2)3)29-24-36(25-29)18-20-37(21-19-36)34(40)41-35(4,5)6/h8-12,14-17,27,29,32-33H,18-26H2,1-6H3. The number of carbonyl (C=O) groups is 1. The van der Waals surface area contributed by atoms with E-state index in [1.54, 1.807) is 0 Å². The number of piperazine rings is 1. The Labute approximate surface area is 248 Å². The minimum Gasteiger partial charge on any atom is -0.444 e. The van der Waals surface area contributed by atoms with Crippen molar-refractivity contribution in [3.8, 4) is 11.8 Å². The summed E-state index contributed by atoms with van der Waals surface area (Å²) in [6.45, 7) is 17.1. The molecule has 220 valence electrons. The Kier molecular flexibility index (Phi) is 8.83. The summed E-state index contributed by atoms with van der Waals surface area (Å²) < 4.78 is 5.65. The zero-order valence-corrected chi connectivity index (χ0v) is 26.0. The summed E-state index contributed by atoms with van der Waals surface area (Å²) in [6.07, 6.45) is 4.46. The fraction of sp³-hybridized carbons (Fsp3) is 0.583. The van der Waals surface area contributed by atoms with Crippen molar-refractivity contribution in [3.05, 3.63) is 71.3 Å². The SMILES string of the molecule is CC#CC(c1ccccc1)N1CCN(C2CC3(CCN(C(=O)OC(C)(C)C)CC3)C2)C(c2ccccc2C(C)C)C1. The molecule has 2 aliphatic heterocycles. The summed E-state index contributed by atoms with van der Waals surface area (Å²) in [4.78, 5) is 20.0. The van der Waals surface area contributed by atoms with E-state index in [4.69, 9.17) is 4.74 Å². The Morgan fingerprint density at radius 1 is 0.951 bits per heavy atom. The third kappa shape index (κ3) is 6.65. The molecule has 0 N–H and O–H groups in total. The van der Waals surface area contributed by atoms with Crippen LogP contribution < -0.4 is 0 Å². The van der Waals surface area contributed by atoms with Crippen LogP contribution in [0.1, 0.15) is 102 Å². The van der Waals surface area contributed by atoms with Gasteiger partial charge in [-0.2, -0.15) is 0 Å². The Balaban J connectivity index is 1.33. The Hall–Kier alpha value is -2.81. The van der Waals surface area contributed by atoms with Crippen LogP contribution >= 0.6 is 0 Å². The van der Waals surface area contributed by atoms with Crippen molar-refractivity contribution >= 4 is 6.09 Å². The summed E-state index contributed by atoms with van der Waals surface area (Å²) in [5.74, 6) is 7.24. The van der Waals surface area contributed by atoms with Crippen molar-refractivity contribution in [2.24, 2.45) is 5.41 Å². The lowest BCUT2D eigenvalue weighted by Crippen LogP contribution is -2.60. The number of piperidine rings is 1. The van der Waals surface area contributed by atoms with E-state index in [0.717, 1.165) is 45.6 Å². The molecule has 1 amide bonds. The molecule has 5 rings (SSSR count). The summed E-state index contributed by atoms with van der Waals surface area (Å²) >= 11 is 0. The van der Waals surface area contributed by atoms with Gasteiger partial charge in [-0.15, -0.1) is 5.92 Å². The molecule has 0 radical (unpaired) electrons. The van der Waals surface area contributed by atoms with Gasteiger partial charge in [0.1, 0.15) is 5.60 Å². The average Bonchev–Trinajstić information content (AvgIpc) is 2.94. The number of amides is 1. The predicted octanol–water partition coefficient (Wildman–Crippen LogP) is 7.41. The molecule has 2 saturated heterocycles. The van der Waals surface area contributed by atoms with Gasteiger partial charge < -0.3 is 9.64 Å². The number of carbonyl (C=O) groups excluding carboxylic acids is 1. The van der Waals surface area contributed by atoms with Gasteiger partial charge in [-0.1, -0.05) is 74.4 Å². The largest absolute Gasteiger partial charge is 0.444 e. The van der Waals surface area contributed by atoms with Crippen LogP contribution in [0.3, 0.4) is 0 Å². The van der Waals surface area contributed by atoms with Crippen LogP contribution in [0.2, 0.25) is 0 Å². The molecule has 5 nitrogen and oxygen atoms in total. The van der Waals surface area contributed by atoms with Gasteiger partial charge in [0.2, 0.25) is 0 Å². The van der Waals surface area contributed by atoms with E-state index in [1.165, 1.54) is 29.5 Å². The highest BCUT2D eigenvalue weighted by atomic mass is 16.6. The van der Waals surface area contributed by atoms with Crippen molar-refractivity contribution < 1.29 is 9.53 Å². The molecular formula is C36H49N3O2. The molecule has 0 bridgehead atoms. The minimum atomic E-state index is -0.445. The fourth-order valence-electron chi connectivity index (χ4n) is 7.34. The highest BCUT2D eigenvalue weighted by Crippen LogP contribution is 2.53. The van der Waals surface area contributed by atoms with Crippen LogP contribution in [0.4, 0.5) is 4.79 Å². The van der Waals surface area contributed by atoms with E-state index in [1.807, 2.05) is 32.6 Å². The van der Waals surface area contributed by atoms with E-state index in [0.29, 0.717) is 23.4 Å². The molecular weight excluding hydrogens is 506 g/mol. The summed E-state index contributed by atoms with van der Waals surface area (Å²) in [5.41, 5.74) is 4.14. The number of hydrogen-bond acceptors (Lipinski definition) is 4. The molecule has 41 heavy (non-hydrogen) atoms. The first-order chi connectivity index (χ1) is 19.6. The molecule has 1 spiro atoms. The van der Waals surface area contributed by atoms with Gasteiger partial charge in [0, 0.05) is 44.8 Å². The minimum absolute atomic E-state index is 0.113. The zero-order chi connectivity index (χ0) is 29.2. The average molecular weight is 556 g/mol. The molecule has 1 aliphatic carbocycles. The van der Waals surface area contributed by atoms with Gasteiger partial charge >= 0.3 is 6.09 Å². The van der Waals surface area contributed by atoms with Crippen molar-refractivity contribution in [1.82, 2.24) is 14.7 Å². The molecule has 1 saturated carbocycles. The molecule has 2 atom stereocenters. The Bertz CT molecular complexity index is 1240. The van der Waals surface area contributed by atoms with Crippen LogP contribution in [-0.2, 0) is 4.74 Å². The first-order valence-corrected chi connectivity index (χ1v) is 15.6. The summed E-state index contributed by atoms with van der Waals surface area (Å²) in [5, 5.41) is 0. The Morgan fingerprint density at radius 2 is 1.61 bits per heavy atom. The number of hydrogen-bond donors (Lipinski definition) is 0. The van der Waals surface area contributed by atoms with Gasteiger partial charge in [-0.25, -0.2) is 4.79 Å². The second-order valence-electron chi connectivity index (χ2n) is 13.8. The van der Waals surface area contributed by atoms with Gasteiger partial charge in [-0.05, 0) is 81.4 Å². The molecule has 2 aromatic carbocycles. The monoisotopic (exact) mass is 555 g/mol. The maximum absolute atomic E-state index is 12.6. The smallest absolute Gasteiger partial charge is 0.410 e. The van der Waals surface area contributed by atoms with E-state index in [9.17, 15) is 4.79 Å². The van der Waals surface area contributed by atoms with Gasteiger partial charge in [0.05, 0.1) is 6.04 Å². The lowest BCUT2D eigenvalue weighted by atomic mass is 9.59. The molecule has 0 aromatic heterocycles. The first kappa shape index (κ1) is 29.7. The molecule has 2 unspecified atom stereocenters. The normalized spacial score (nSPS) is 22.6. The third-order valence-electron chi connectivity index (χ3n) is 9.47. The van der Waals surface area contributed by atoms with Gasteiger partial charge in [-0.3, -0.25) is 9.80 Å². The van der Waals surface area contributed by atoms with E-state index in [2.05, 4.69) is 90.1 Å². The maximum Gasteiger partial charge on any atom is 0.410 e. The van der Waals surface area contributed by atoms with Crippen LogP contribution in [0.5, 0.6) is 0 Å². The van der Waals surface area contributed by atoms with Crippen LogP contribution in [0.15, 0.2) is 54.6 Å². The quantitative estimate of drug-likeness (QED) is 0.360. The van der Waals surface area contributed by atoms with Crippen molar-refractivity contribution in [2.45, 2.75) is 96.9 Å². The lowest BCUT2D eigenvalue weighted by molar-refractivity contribution is -0.0797. The number of nitrogens with zero attached hydrogens (tertiary/aromatic N) is 3. The summed E-state index contributed by atoms with van der Waals surface area (Å²) in [6, 6.07) is 20.9. The van der Waals surface area contributed by atoms with Crippen molar-refractivity contribution in [1.29, 1.82) is 0 Å². The topological polar surface area (TPSA) is 36.0 Å². The highest BCUT2D eigenvalue weighted by molar-refractivity contribution is 5.68. The highest BCUT2D eigenvalue weighted by Gasteiger charge is 2.50. The van der Waals surface area contributed by atoms with E-state index in [-0.39, 0.29) is 12.1 Å². The second-order valence-corrected chi connectivity index (χ2v) is 13.8. The maximum atomic E-state index is 12.6. The number of ether oxygens (including phenoxy) is 1. The molecule has 3 fully saturated rings. The zero-order valence-electron chi connectivity index (χ0n) is 26.0. The van der Waals surface area contributed by atoms with Gasteiger partial charge in [0.25, 0.3) is 0 Å². The fourth-order valence-corrected chi connectivity index (χ4v) is 7.34. The number of rotatable bonds is 5. The molecule has 3 aliphatic rings. The first-order valence-electron chi connectivity index (χ1n) is 15.6. The lowest BCUT2D eigenvalue weighted by Gasteiger charge is -2.58. The molecule has 5 heteroatoms. The van der Waals surface area contributed by atoms with Crippen molar-refractivity contribution in [3.63, 3.8) is 0 Å². The van der Waals surface area contributed by atoms with E-state index >= 15 is 0 Å². The van der Waals surface area contributed by atoms with Gasteiger partial charge in [0.15, 0.2) is 0 Å². The summed E-state index contributed by atoms with van der Waals surface area (Å²) in [7, 11) is 0. The second kappa shape index (κ2) is 12.2. The number of benzene rings is 2. The third-order valence-corrected chi connectivity index (χ3v) is 9.47. The molecule has 2 heterocycles. The van der Waals surface area contributed by atoms with E-state index < -0.39 is 5.60 Å². The van der Waals surface area contributed by atoms with Crippen LogP contribution in [0.25, 0.3) is 0 Å². The van der Waals surface area contributed by atoms with Crippen molar-refractivity contribution in [2.75, 3.05) is 32.7 Å². The predicted molar refractivity (Wildman–Crippen MR) is 167 cm³/mol. The van der Waals surface area contributed by atoms with Crippen LogP contribution in [-0.4, -0.2) is 65.2 Å². The number of likely N-dealkylation sites (tertiary alicyclic amines) is 1. The molecule has 2 aromatic rings.